The van der Waals surface area contributed by atoms with Crippen molar-refractivity contribution in [2.75, 3.05) is 0 Å². The van der Waals surface area contributed by atoms with Crippen LogP contribution in [-0.4, -0.2) is 9.97 Å². The molecule has 1 saturated carbocycles. The summed E-state index contributed by atoms with van der Waals surface area (Å²) in [4.78, 5) is 10.4. The summed E-state index contributed by atoms with van der Waals surface area (Å²) in [6.45, 7) is 4.81. The summed E-state index contributed by atoms with van der Waals surface area (Å²) in [7, 11) is 0. The standard InChI is InChI=1S/C49H38N2S/c1-48(2)39-20-9-7-18-34(39)37-29-42-38(28-41(37)48)36-27-32(22-23-40(36)49(42)24-11-4-12-25-49)31-16-13-17-33(26-31)44-46-45(35-19-8-10-21-43(35)52-46)51-47(50-44)30-14-5-3-6-15-30/h3,5-10,13-23,26-29H,4,11-12,24-25H2,1-2H3. The second-order valence-electron chi connectivity index (χ2n) is 15.6. The van der Waals surface area contributed by atoms with Crippen molar-refractivity contribution in [2.45, 2.75) is 56.8 Å². The lowest BCUT2D eigenvalue weighted by Crippen LogP contribution is -2.28. The Morgan fingerprint density at radius 1 is 0.500 bits per heavy atom. The smallest absolute Gasteiger partial charge is 0.160 e. The molecule has 0 aliphatic heterocycles. The monoisotopic (exact) mass is 686 g/mol. The summed E-state index contributed by atoms with van der Waals surface area (Å²) >= 11 is 1.79. The molecule has 52 heavy (non-hydrogen) atoms. The molecular formula is C49H38N2S. The normalized spacial score (nSPS) is 16.2. The lowest BCUT2D eigenvalue weighted by molar-refractivity contribution is 0.353. The van der Waals surface area contributed by atoms with Gasteiger partial charge in [0.1, 0.15) is 0 Å². The Hall–Kier alpha value is -5.38. The van der Waals surface area contributed by atoms with Crippen LogP contribution in [0, 0.1) is 0 Å². The molecule has 250 valence electrons. The van der Waals surface area contributed by atoms with Gasteiger partial charge >= 0.3 is 0 Å². The molecule has 8 aromatic rings. The van der Waals surface area contributed by atoms with Gasteiger partial charge < -0.3 is 0 Å². The van der Waals surface area contributed by atoms with Crippen LogP contribution in [0.15, 0.2) is 133 Å². The van der Waals surface area contributed by atoms with Gasteiger partial charge in [0.05, 0.1) is 15.9 Å². The molecule has 0 bridgehead atoms. The summed E-state index contributed by atoms with van der Waals surface area (Å²) in [6, 6.07) is 49.6. The van der Waals surface area contributed by atoms with E-state index in [1.807, 2.05) is 6.07 Å². The molecular weight excluding hydrogens is 649 g/mol. The summed E-state index contributed by atoms with van der Waals surface area (Å²) in [5, 5.41) is 1.19. The molecule has 0 atom stereocenters. The number of nitrogens with zero attached hydrogens (tertiary/aromatic N) is 2. The highest BCUT2D eigenvalue weighted by Crippen LogP contribution is 2.60. The van der Waals surface area contributed by atoms with E-state index in [1.165, 1.54) is 92.3 Å². The number of rotatable bonds is 3. The molecule has 3 aliphatic carbocycles. The molecule has 0 saturated heterocycles. The van der Waals surface area contributed by atoms with E-state index in [-0.39, 0.29) is 10.8 Å². The molecule has 0 N–H and O–H groups in total. The van der Waals surface area contributed by atoms with Crippen molar-refractivity contribution >= 4 is 31.6 Å². The van der Waals surface area contributed by atoms with E-state index in [4.69, 9.17) is 9.97 Å². The molecule has 1 fully saturated rings. The Morgan fingerprint density at radius 3 is 2.08 bits per heavy atom. The summed E-state index contributed by atoms with van der Waals surface area (Å²) in [6.07, 6.45) is 6.37. The number of hydrogen-bond acceptors (Lipinski definition) is 3. The van der Waals surface area contributed by atoms with Crippen molar-refractivity contribution in [3.8, 4) is 56.0 Å². The quantitative estimate of drug-likeness (QED) is 0.185. The topological polar surface area (TPSA) is 25.8 Å². The minimum Gasteiger partial charge on any atom is -0.226 e. The van der Waals surface area contributed by atoms with Gasteiger partial charge in [-0.1, -0.05) is 136 Å². The van der Waals surface area contributed by atoms with Gasteiger partial charge in [-0.2, -0.15) is 0 Å². The van der Waals surface area contributed by atoms with Crippen LogP contribution >= 0.6 is 11.3 Å². The van der Waals surface area contributed by atoms with Crippen molar-refractivity contribution in [2.24, 2.45) is 0 Å². The fourth-order valence-corrected chi connectivity index (χ4v) is 11.1. The summed E-state index contributed by atoms with van der Waals surface area (Å²) in [5.74, 6) is 0.765. The minimum absolute atomic E-state index is 0.0244. The van der Waals surface area contributed by atoms with Crippen molar-refractivity contribution in [3.05, 3.63) is 156 Å². The molecule has 0 radical (unpaired) electrons. The maximum atomic E-state index is 5.28. The van der Waals surface area contributed by atoms with Crippen LogP contribution in [0.2, 0.25) is 0 Å². The Morgan fingerprint density at radius 2 is 1.19 bits per heavy atom. The highest BCUT2D eigenvalue weighted by molar-refractivity contribution is 7.26. The van der Waals surface area contributed by atoms with Gasteiger partial charge in [-0.05, 0) is 98.8 Å². The predicted molar refractivity (Wildman–Crippen MR) is 218 cm³/mol. The van der Waals surface area contributed by atoms with Crippen molar-refractivity contribution in [1.29, 1.82) is 0 Å². The fraction of sp³-hybridized carbons (Fsp3) is 0.184. The van der Waals surface area contributed by atoms with Crippen LogP contribution in [0.5, 0.6) is 0 Å². The first kappa shape index (κ1) is 30.3. The van der Waals surface area contributed by atoms with Gasteiger partial charge in [0.25, 0.3) is 0 Å². The van der Waals surface area contributed by atoms with Crippen LogP contribution in [-0.2, 0) is 10.8 Å². The largest absolute Gasteiger partial charge is 0.226 e. The molecule has 2 aromatic heterocycles. The van der Waals surface area contributed by atoms with Crippen molar-refractivity contribution < 1.29 is 0 Å². The second kappa shape index (κ2) is 11.1. The zero-order valence-electron chi connectivity index (χ0n) is 29.5. The van der Waals surface area contributed by atoms with E-state index in [1.54, 1.807) is 16.9 Å². The molecule has 3 heteroatoms. The average Bonchev–Trinajstić information content (AvgIpc) is 3.78. The molecule has 2 nitrogen and oxygen atoms in total. The molecule has 0 unspecified atom stereocenters. The van der Waals surface area contributed by atoms with E-state index < -0.39 is 0 Å². The first-order valence-corrected chi connectivity index (χ1v) is 19.6. The van der Waals surface area contributed by atoms with Gasteiger partial charge in [0.2, 0.25) is 0 Å². The van der Waals surface area contributed by atoms with Gasteiger partial charge in [-0.3, -0.25) is 0 Å². The maximum Gasteiger partial charge on any atom is 0.160 e. The number of thiophene rings is 1. The average molecular weight is 687 g/mol. The van der Waals surface area contributed by atoms with E-state index in [2.05, 4.69) is 141 Å². The van der Waals surface area contributed by atoms with Gasteiger partial charge in [-0.25, -0.2) is 9.97 Å². The Kier molecular flexibility index (Phi) is 6.44. The number of aromatic nitrogens is 2. The van der Waals surface area contributed by atoms with E-state index >= 15 is 0 Å². The number of hydrogen-bond donors (Lipinski definition) is 0. The lowest BCUT2D eigenvalue weighted by Gasteiger charge is -2.36. The van der Waals surface area contributed by atoms with Crippen LogP contribution < -0.4 is 0 Å². The molecule has 6 aromatic carbocycles. The highest BCUT2D eigenvalue weighted by atomic mass is 32.1. The maximum absolute atomic E-state index is 5.28. The lowest BCUT2D eigenvalue weighted by atomic mass is 9.67. The van der Waals surface area contributed by atoms with Crippen molar-refractivity contribution in [1.82, 2.24) is 9.97 Å². The van der Waals surface area contributed by atoms with Crippen LogP contribution in [0.4, 0.5) is 0 Å². The van der Waals surface area contributed by atoms with Crippen LogP contribution in [0.25, 0.3) is 76.3 Å². The van der Waals surface area contributed by atoms with Gasteiger partial charge in [0.15, 0.2) is 5.82 Å². The minimum atomic E-state index is -0.0244. The van der Waals surface area contributed by atoms with Gasteiger partial charge in [-0.15, -0.1) is 11.3 Å². The van der Waals surface area contributed by atoms with E-state index in [0.717, 1.165) is 32.9 Å². The third-order valence-corrected chi connectivity index (χ3v) is 13.7. The van der Waals surface area contributed by atoms with Gasteiger partial charge in [0, 0.05) is 32.0 Å². The zero-order chi connectivity index (χ0) is 34.6. The van der Waals surface area contributed by atoms with Crippen molar-refractivity contribution in [3.63, 3.8) is 0 Å². The Balaban J connectivity index is 1.08. The van der Waals surface area contributed by atoms with E-state index in [0.29, 0.717) is 0 Å². The summed E-state index contributed by atoms with van der Waals surface area (Å²) in [5.41, 5.74) is 18.5. The zero-order valence-corrected chi connectivity index (χ0v) is 30.4. The predicted octanol–water partition coefficient (Wildman–Crippen LogP) is 13.4. The first-order chi connectivity index (χ1) is 25.5. The van der Waals surface area contributed by atoms with Crippen LogP contribution in [0.1, 0.15) is 68.2 Å². The number of benzene rings is 6. The number of fused-ring (bicyclic) bond motifs is 11. The summed E-state index contributed by atoms with van der Waals surface area (Å²) < 4.78 is 2.37. The first-order valence-electron chi connectivity index (χ1n) is 18.8. The second-order valence-corrected chi connectivity index (χ2v) is 16.7. The third kappa shape index (κ3) is 4.23. The molecule has 3 aliphatic rings. The molecule has 0 amide bonds. The highest BCUT2D eigenvalue weighted by Gasteiger charge is 2.46. The molecule has 2 heterocycles. The Labute approximate surface area is 308 Å². The van der Waals surface area contributed by atoms with Crippen LogP contribution in [0.3, 0.4) is 0 Å². The fourth-order valence-electron chi connectivity index (χ4n) is 9.92. The SMILES string of the molecule is CC1(C)c2ccccc2-c2cc3c(cc21)-c1cc(-c2cccc(-c4nc(-c5ccccc5)nc5c4sc4ccccc45)c2)ccc1C31CCCCC1. The molecule has 11 rings (SSSR count). The Bertz CT molecular complexity index is 2750. The third-order valence-electron chi connectivity index (χ3n) is 12.5. The van der Waals surface area contributed by atoms with E-state index in [9.17, 15) is 0 Å². The molecule has 1 spiro atoms.